The van der Waals surface area contributed by atoms with Gasteiger partial charge in [-0.25, -0.2) is 4.57 Å². The second-order valence-electron chi connectivity index (χ2n) is 4.06. The largest absolute Gasteiger partial charge is 0.756 e. The lowest BCUT2D eigenvalue weighted by Gasteiger charge is -2.44. The molecule has 128 valence electrons. The Hall–Kier alpha value is 0.0200. The van der Waals surface area contributed by atoms with Gasteiger partial charge in [0.2, 0.25) is 0 Å². The van der Waals surface area contributed by atoms with Gasteiger partial charge in [0.1, 0.15) is 36.6 Å². The Morgan fingerprint density at radius 3 is 1.38 bits per heavy atom. The third-order valence-corrected chi connectivity index (χ3v) is 3.59. The molecule has 13 nitrogen and oxygen atoms in total. The maximum atomic E-state index is 10.7. The maximum absolute atomic E-state index is 10.7. The first-order valence-electron chi connectivity index (χ1n) is 5.02. The second-order valence-corrected chi connectivity index (χ2v) is 6.40. The van der Waals surface area contributed by atoms with Crippen molar-refractivity contribution in [2.24, 2.45) is 0 Å². The van der Waals surface area contributed by atoms with Crippen LogP contribution in [0.15, 0.2) is 0 Å². The summed E-state index contributed by atoms with van der Waals surface area (Å²) >= 11 is 0. The van der Waals surface area contributed by atoms with Crippen LogP contribution in [-0.2, 0) is 18.2 Å². The lowest BCUT2D eigenvalue weighted by molar-refractivity contribution is -0.255. The lowest BCUT2D eigenvalue weighted by Crippen LogP contribution is -2.64. The van der Waals surface area contributed by atoms with Crippen molar-refractivity contribution < 1.29 is 58.2 Å². The van der Waals surface area contributed by atoms with Gasteiger partial charge in [0.15, 0.2) is 0 Å². The molecule has 0 heterocycles. The van der Waals surface area contributed by atoms with Crippen molar-refractivity contribution in [1.29, 1.82) is 0 Å². The minimum absolute atomic E-state index is 0. The van der Waals surface area contributed by atoms with Gasteiger partial charge in [-0.2, -0.15) is 0 Å². The molecule has 0 aliphatic heterocycles. The summed E-state index contributed by atoms with van der Waals surface area (Å²) in [4.78, 5) is 36.4. The number of phosphoric ester groups is 2. The molecule has 0 bridgehead atoms. The topological polar surface area (TPSA) is 254 Å². The van der Waals surface area contributed by atoms with E-state index in [1.54, 1.807) is 0 Å². The number of quaternary nitrogens is 1. The molecule has 15 heteroatoms. The molecule has 1 aliphatic carbocycles. The molecule has 21 heavy (non-hydrogen) atoms. The number of hydrogen-bond donors (Lipinski definition) is 8. The van der Waals surface area contributed by atoms with Gasteiger partial charge in [0.25, 0.3) is 7.82 Å². The van der Waals surface area contributed by atoms with Crippen LogP contribution in [0.25, 0.3) is 0 Å². The molecule has 11 N–H and O–H groups in total. The van der Waals surface area contributed by atoms with Crippen molar-refractivity contribution in [3.63, 3.8) is 0 Å². The molecule has 1 aliphatic rings. The number of hydrogen-bond acceptors (Lipinski definition) is 9. The van der Waals surface area contributed by atoms with Gasteiger partial charge in [0, 0.05) is 0 Å². The van der Waals surface area contributed by atoms with Crippen LogP contribution in [0.2, 0.25) is 0 Å². The fourth-order valence-electron chi connectivity index (χ4n) is 1.74. The van der Waals surface area contributed by atoms with Crippen molar-refractivity contribution in [3.05, 3.63) is 0 Å². The van der Waals surface area contributed by atoms with Crippen molar-refractivity contribution >= 4 is 15.6 Å². The Bertz CT molecular complexity index is 393. The zero-order valence-electron chi connectivity index (χ0n) is 10.5. The van der Waals surface area contributed by atoms with Crippen molar-refractivity contribution in [3.8, 4) is 0 Å². The Morgan fingerprint density at radius 2 is 1.10 bits per heavy atom. The summed E-state index contributed by atoms with van der Waals surface area (Å²) in [7, 11) is -10.8. The smallest absolute Gasteiger partial charge is 0.470 e. The van der Waals surface area contributed by atoms with Crippen LogP contribution in [0.3, 0.4) is 0 Å². The van der Waals surface area contributed by atoms with Gasteiger partial charge < -0.3 is 50.7 Å². The summed E-state index contributed by atoms with van der Waals surface area (Å²) in [6.07, 6.45) is -13.1. The Morgan fingerprint density at radius 1 is 0.762 bits per heavy atom. The quantitative estimate of drug-likeness (QED) is 0.225. The number of phosphoric acid groups is 2. The summed E-state index contributed by atoms with van der Waals surface area (Å²) < 4.78 is 29.3. The van der Waals surface area contributed by atoms with Crippen LogP contribution in [0.4, 0.5) is 0 Å². The zero-order valence-corrected chi connectivity index (χ0v) is 12.3. The van der Waals surface area contributed by atoms with E-state index in [0.717, 1.165) is 0 Å². The molecule has 0 amide bonds. The van der Waals surface area contributed by atoms with Gasteiger partial charge in [-0.1, -0.05) is 0 Å². The molecular formula is C6H17NO12P2. The van der Waals surface area contributed by atoms with E-state index >= 15 is 0 Å². The summed E-state index contributed by atoms with van der Waals surface area (Å²) in [5, 5.41) is 37.7. The Labute approximate surface area is 117 Å². The van der Waals surface area contributed by atoms with Crippen LogP contribution in [0.1, 0.15) is 0 Å². The third-order valence-electron chi connectivity index (χ3n) is 2.56. The second kappa shape index (κ2) is 7.06. The average molecular weight is 357 g/mol. The molecule has 0 aromatic rings. The maximum Gasteiger partial charge on any atom is 0.470 e. The summed E-state index contributed by atoms with van der Waals surface area (Å²) in [6.45, 7) is 0. The molecular weight excluding hydrogens is 340 g/mol. The molecule has 7 unspecified atom stereocenters. The summed E-state index contributed by atoms with van der Waals surface area (Å²) in [5.41, 5.74) is 0. The molecule has 7 atom stereocenters. The van der Waals surface area contributed by atoms with E-state index in [9.17, 15) is 34.4 Å². The van der Waals surface area contributed by atoms with Gasteiger partial charge in [-0.05, 0) is 0 Å². The molecule has 0 aromatic carbocycles. The van der Waals surface area contributed by atoms with Crippen molar-refractivity contribution in [2.45, 2.75) is 36.6 Å². The predicted octanol–water partition coefficient (Wildman–Crippen LogP) is -3.86. The van der Waals surface area contributed by atoms with E-state index in [1.165, 1.54) is 0 Å². The summed E-state index contributed by atoms with van der Waals surface area (Å²) in [5.74, 6) is 0. The molecule has 0 saturated heterocycles. The van der Waals surface area contributed by atoms with Gasteiger partial charge in [-0.3, -0.25) is 9.09 Å². The Balaban J connectivity index is 0.00000400. The normalized spacial score (nSPS) is 40.2. The highest BCUT2D eigenvalue weighted by atomic mass is 31.2. The molecule has 0 spiro atoms. The number of rotatable bonds is 4. The van der Waals surface area contributed by atoms with Crippen LogP contribution in [-0.4, -0.2) is 71.7 Å². The standard InChI is InChI=1S/C6H14O12P2.H3N/c7-1-2(8)4(10)6(18-20(14,15)16)5(3(1)9)17-19(11,12)13;/h1-10H,(H2,11,12,13)(H2,14,15,16);1H3. The van der Waals surface area contributed by atoms with Gasteiger partial charge in [-0.15, -0.1) is 0 Å². The highest BCUT2D eigenvalue weighted by Gasteiger charge is 2.53. The highest BCUT2D eigenvalue weighted by molar-refractivity contribution is 7.46. The van der Waals surface area contributed by atoms with Crippen LogP contribution >= 0.6 is 15.6 Å². The molecule has 1 saturated carbocycles. The van der Waals surface area contributed by atoms with E-state index in [-0.39, 0.29) is 6.15 Å². The van der Waals surface area contributed by atoms with E-state index in [0.29, 0.717) is 0 Å². The molecule has 1 fully saturated rings. The van der Waals surface area contributed by atoms with Crippen LogP contribution < -0.4 is 11.0 Å². The monoisotopic (exact) mass is 357 g/mol. The van der Waals surface area contributed by atoms with Crippen molar-refractivity contribution in [1.82, 2.24) is 6.15 Å². The predicted molar refractivity (Wildman–Crippen MR) is 61.6 cm³/mol. The molecule has 1 rings (SSSR count). The third kappa shape index (κ3) is 5.62. The summed E-state index contributed by atoms with van der Waals surface area (Å²) in [6, 6.07) is 0. The lowest BCUT2D eigenvalue weighted by atomic mass is 9.85. The zero-order chi connectivity index (χ0) is 15.9. The van der Waals surface area contributed by atoms with E-state index < -0.39 is 52.3 Å². The van der Waals surface area contributed by atoms with Crippen LogP contribution in [0, 0.1) is 0 Å². The molecule has 0 aromatic heterocycles. The molecule has 0 radical (unpaired) electrons. The Kier molecular flexibility index (Phi) is 7.07. The minimum Gasteiger partial charge on any atom is -0.756 e. The number of aliphatic hydroxyl groups excluding tert-OH is 4. The van der Waals surface area contributed by atoms with E-state index in [2.05, 4.69) is 9.05 Å². The van der Waals surface area contributed by atoms with Crippen molar-refractivity contribution in [2.75, 3.05) is 0 Å². The SMILES string of the molecule is O=P([O-])(O)OC1C(O)C(O)C(O)C(O)C1OP(=O)(O)O.[NH4+]. The van der Waals surface area contributed by atoms with E-state index in [1.807, 2.05) is 0 Å². The average Bonchev–Trinajstić information content (AvgIpc) is 2.25. The van der Waals surface area contributed by atoms with E-state index in [4.69, 9.17) is 14.7 Å². The first-order chi connectivity index (χ1) is 8.83. The van der Waals surface area contributed by atoms with Gasteiger partial charge >= 0.3 is 7.82 Å². The van der Waals surface area contributed by atoms with Crippen LogP contribution in [0.5, 0.6) is 0 Å². The highest BCUT2D eigenvalue weighted by Crippen LogP contribution is 2.45. The number of aliphatic hydroxyl groups is 4. The minimum atomic E-state index is -5.49. The first kappa shape index (κ1) is 21.0. The fourth-order valence-corrected chi connectivity index (χ4v) is 2.85. The fraction of sp³-hybridized carbons (Fsp3) is 1.00. The van der Waals surface area contributed by atoms with Gasteiger partial charge in [0.05, 0.1) is 0 Å². The first-order valence-corrected chi connectivity index (χ1v) is 8.04.